The second-order valence-corrected chi connectivity index (χ2v) is 5.62. The van der Waals surface area contributed by atoms with Crippen LogP contribution in [0.2, 0.25) is 0 Å². The third-order valence-corrected chi connectivity index (χ3v) is 3.91. The molecule has 0 saturated carbocycles. The van der Waals surface area contributed by atoms with Crippen LogP contribution in [0.15, 0.2) is 48.5 Å². The van der Waals surface area contributed by atoms with Crippen LogP contribution in [0.1, 0.15) is 36.7 Å². The molecular weight excluding hydrogens is 256 g/mol. The van der Waals surface area contributed by atoms with Crippen molar-refractivity contribution in [3.8, 4) is 0 Å². The summed E-state index contributed by atoms with van der Waals surface area (Å²) in [6.45, 7) is 2.21. The lowest BCUT2D eigenvalue weighted by Crippen LogP contribution is -1.90. The number of aromatic nitrogens is 2. The highest BCUT2D eigenvalue weighted by Crippen LogP contribution is 2.16. The molecule has 1 N–H and O–H groups in total. The van der Waals surface area contributed by atoms with Crippen LogP contribution in [0.25, 0.3) is 11.0 Å². The minimum Gasteiger partial charge on any atom is -0.342 e. The van der Waals surface area contributed by atoms with Crippen LogP contribution in [-0.4, -0.2) is 9.97 Å². The number of unbranched alkanes of at least 4 members (excludes halogenated alkanes) is 1. The van der Waals surface area contributed by atoms with Gasteiger partial charge in [0.25, 0.3) is 0 Å². The highest BCUT2D eigenvalue weighted by atomic mass is 14.9. The van der Waals surface area contributed by atoms with Crippen LogP contribution < -0.4 is 0 Å². The number of hydrogen-bond donors (Lipinski definition) is 1. The van der Waals surface area contributed by atoms with Gasteiger partial charge in [0, 0.05) is 6.42 Å². The number of fused-ring (bicyclic) bond motifs is 1. The predicted molar refractivity (Wildman–Crippen MR) is 88.6 cm³/mol. The van der Waals surface area contributed by atoms with Crippen LogP contribution in [0.3, 0.4) is 0 Å². The van der Waals surface area contributed by atoms with Crippen LogP contribution in [0, 0.1) is 0 Å². The lowest BCUT2D eigenvalue weighted by molar-refractivity contribution is 0.765. The number of hydrogen-bond acceptors (Lipinski definition) is 1. The second-order valence-electron chi connectivity index (χ2n) is 5.62. The first kappa shape index (κ1) is 13.9. The second kappa shape index (κ2) is 6.57. The molecule has 0 spiro atoms. The summed E-state index contributed by atoms with van der Waals surface area (Å²) in [6, 6.07) is 17.3. The van der Waals surface area contributed by atoms with Crippen molar-refractivity contribution in [3.63, 3.8) is 0 Å². The Bertz CT molecular complexity index is 698. The molecular formula is C19H22N2. The Labute approximate surface area is 126 Å². The van der Waals surface area contributed by atoms with E-state index < -0.39 is 0 Å². The summed E-state index contributed by atoms with van der Waals surface area (Å²) in [5, 5.41) is 0. The SMILES string of the molecule is CCCCc1nc2ccc(CCc3ccccc3)cc2[nH]1. The van der Waals surface area contributed by atoms with Crippen LogP contribution in [0.5, 0.6) is 0 Å². The van der Waals surface area contributed by atoms with Gasteiger partial charge in [-0.25, -0.2) is 4.98 Å². The molecule has 0 amide bonds. The van der Waals surface area contributed by atoms with Gasteiger partial charge in [-0.15, -0.1) is 0 Å². The van der Waals surface area contributed by atoms with E-state index in [0.29, 0.717) is 0 Å². The van der Waals surface area contributed by atoms with Crippen molar-refractivity contribution in [1.82, 2.24) is 9.97 Å². The summed E-state index contributed by atoms with van der Waals surface area (Å²) < 4.78 is 0. The Morgan fingerprint density at radius 1 is 0.905 bits per heavy atom. The summed E-state index contributed by atoms with van der Waals surface area (Å²) in [7, 11) is 0. The van der Waals surface area contributed by atoms with Crippen LogP contribution in [-0.2, 0) is 19.3 Å². The third kappa shape index (κ3) is 3.52. The zero-order chi connectivity index (χ0) is 14.5. The smallest absolute Gasteiger partial charge is 0.107 e. The average molecular weight is 278 g/mol. The first-order chi connectivity index (χ1) is 10.3. The molecule has 0 atom stereocenters. The van der Waals surface area contributed by atoms with E-state index in [0.717, 1.165) is 30.6 Å². The quantitative estimate of drug-likeness (QED) is 0.696. The average Bonchev–Trinajstić information content (AvgIpc) is 2.94. The van der Waals surface area contributed by atoms with Gasteiger partial charge in [0.05, 0.1) is 11.0 Å². The molecule has 2 aromatic carbocycles. The maximum atomic E-state index is 4.65. The lowest BCUT2D eigenvalue weighted by Gasteiger charge is -2.02. The van der Waals surface area contributed by atoms with Crippen molar-refractivity contribution in [2.75, 3.05) is 0 Å². The molecule has 1 aromatic heterocycles. The fraction of sp³-hybridized carbons (Fsp3) is 0.316. The van der Waals surface area contributed by atoms with Gasteiger partial charge >= 0.3 is 0 Å². The molecule has 0 unspecified atom stereocenters. The van der Waals surface area contributed by atoms with E-state index in [9.17, 15) is 0 Å². The number of rotatable bonds is 6. The summed E-state index contributed by atoms with van der Waals surface area (Å²) >= 11 is 0. The molecule has 0 aliphatic rings. The number of aryl methyl sites for hydroxylation is 3. The minimum absolute atomic E-state index is 1.05. The van der Waals surface area contributed by atoms with Gasteiger partial charge in [-0.05, 0) is 42.5 Å². The number of benzene rings is 2. The first-order valence-electron chi connectivity index (χ1n) is 7.86. The lowest BCUT2D eigenvalue weighted by atomic mass is 10.0. The van der Waals surface area contributed by atoms with E-state index in [1.54, 1.807) is 0 Å². The van der Waals surface area contributed by atoms with Crippen molar-refractivity contribution < 1.29 is 0 Å². The Hall–Kier alpha value is -2.09. The minimum atomic E-state index is 1.05. The fourth-order valence-electron chi connectivity index (χ4n) is 2.66. The largest absolute Gasteiger partial charge is 0.342 e. The highest BCUT2D eigenvalue weighted by Gasteiger charge is 2.04. The number of nitrogens with one attached hydrogen (secondary N) is 1. The van der Waals surface area contributed by atoms with Crippen LogP contribution in [0.4, 0.5) is 0 Å². The summed E-state index contributed by atoms with van der Waals surface area (Å²) in [4.78, 5) is 8.11. The Morgan fingerprint density at radius 3 is 2.52 bits per heavy atom. The molecule has 0 radical (unpaired) electrons. The monoisotopic (exact) mass is 278 g/mol. The van der Waals surface area contributed by atoms with Crippen molar-refractivity contribution in [2.24, 2.45) is 0 Å². The molecule has 3 aromatic rings. The normalized spacial score (nSPS) is 11.1. The van der Waals surface area contributed by atoms with Crippen molar-refractivity contribution >= 4 is 11.0 Å². The van der Waals surface area contributed by atoms with Gasteiger partial charge in [0.2, 0.25) is 0 Å². The molecule has 2 nitrogen and oxygen atoms in total. The van der Waals surface area contributed by atoms with Gasteiger partial charge in [0.15, 0.2) is 0 Å². The zero-order valence-corrected chi connectivity index (χ0v) is 12.6. The maximum absolute atomic E-state index is 4.65. The van der Waals surface area contributed by atoms with E-state index >= 15 is 0 Å². The van der Waals surface area contributed by atoms with Crippen molar-refractivity contribution in [3.05, 3.63) is 65.5 Å². The third-order valence-electron chi connectivity index (χ3n) is 3.91. The summed E-state index contributed by atoms with van der Waals surface area (Å²) in [5.74, 6) is 1.12. The number of H-pyrrole nitrogens is 1. The van der Waals surface area contributed by atoms with Gasteiger partial charge < -0.3 is 4.98 Å². The van der Waals surface area contributed by atoms with E-state index in [2.05, 4.69) is 65.4 Å². The summed E-state index contributed by atoms with van der Waals surface area (Å²) in [6.07, 6.45) is 5.61. The van der Waals surface area contributed by atoms with Gasteiger partial charge in [-0.2, -0.15) is 0 Å². The molecule has 108 valence electrons. The zero-order valence-electron chi connectivity index (χ0n) is 12.6. The van der Waals surface area contributed by atoms with E-state index in [1.807, 2.05) is 0 Å². The maximum Gasteiger partial charge on any atom is 0.107 e. The van der Waals surface area contributed by atoms with Gasteiger partial charge in [-0.3, -0.25) is 0 Å². The molecule has 0 aliphatic heterocycles. The fourth-order valence-corrected chi connectivity index (χ4v) is 2.66. The number of imidazole rings is 1. The predicted octanol–water partition coefficient (Wildman–Crippen LogP) is 4.69. The van der Waals surface area contributed by atoms with Crippen LogP contribution >= 0.6 is 0 Å². The van der Waals surface area contributed by atoms with E-state index in [-0.39, 0.29) is 0 Å². The van der Waals surface area contributed by atoms with Gasteiger partial charge in [0.1, 0.15) is 5.82 Å². The molecule has 1 heterocycles. The molecule has 0 saturated heterocycles. The number of nitrogens with zero attached hydrogens (tertiary/aromatic N) is 1. The first-order valence-corrected chi connectivity index (χ1v) is 7.86. The Kier molecular flexibility index (Phi) is 4.34. The molecule has 0 bridgehead atoms. The topological polar surface area (TPSA) is 28.7 Å². The standard InChI is InChI=1S/C19H22N2/c1-2-3-9-19-20-17-13-12-16(14-18(17)21-19)11-10-15-7-5-4-6-8-15/h4-8,12-14H,2-3,9-11H2,1H3,(H,20,21). The van der Waals surface area contributed by atoms with Gasteiger partial charge in [-0.1, -0.05) is 49.7 Å². The molecule has 0 aliphatic carbocycles. The molecule has 0 fully saturated rings. The molecule has 2 heteroatoms. The van der Waals surface area contributed by atoms with Crippen molar-refractivity contribution in [1.29, 1.82) is 0 Å². The summed E-state index contributed by atoms with van der Waals surface area (Å²) in [5.41, 5.74) is 5.03. The Morgan fingerprint density at radius 2 is 1.71 bits per heavy atom. The number of aromatic amines is 1. The highest BCUT2D eigenvalue weighted by molar-refractivity contribution is 5.75. The van der Waals surface area contributed by atoms with E-state index in [4.69, 9.17) is 0 Å². The molecule has 3 rings (SSSR count). The van der Waals surface area contributed by atoms with Crippen molar-refractivity contribution in [2.45, 2.75) is 39.0 Å². The molecule has 21 heavy (non-hydrogen) atoms. The van der Waals surface area contributed by atoms with E-state index in [1.165, 1.54) is 29.5 Å². The Balaban J connectivity index is 1.71.